The molecule has 0 amide bonds. The van der Waals surface area contributed by atoms with E-state index in [9.17, 15) is 8.78 Å². The number of guanidine groups is 1. The highest BCUT2D eigenvalue weighted by molar-refractivity contribution is 5.79. The maximum Gasteiger partial charge on any atom is 0.231 e. The third-order valence-corrected chi connectivity index (χ3v) is 3.93. The summed E-state index contributed by atoms with van der Waals surface area (Å²) in [4.78, 5) is 4.50. The van der Waals surface area contributed by atoms with Gasteiger partial charge >= 0.3 is 0 Å². The van der Waals surface area contributed by atoms with Gasteiger partial charge in [0.15, 0.2) is 17.5 Å². The zero-order valence-electron chi connectivity index (χ0n) is 14.5. The van der Waals surface area contributed by atoms with Gasteiger partial charge in [-0.2, -0.15) is 0 Å². The molecule has 0 radical (unpaired) electrons. The summed E-state index contributed by atoms with van der Waals surface area (Å²) < 4.78 is 38.0. The van der Waals surface area contributed by atoms with Gasteiger partial charge in [0, 0.05) is 18.7 Å². The molecule has 0 aromatic heterocycles. The van der Waals surface area contributed by atoms with Crippen molar-refractivity contribution in [1.82, 2.24) is 10.6 Å². The van der Waals surface area contributed by atoms with Crippen LogP contribution in [0.2, 0.25) is 0 Å². The number of benzene rings is 2. The first-order valence-electron chi connectivity index (χ1n) is 8.51. The fourth-order valence-electron chi connectivity index (χ4n) is 2.63. The molecule has 1 aliphatic heterocycles. The van der Waals surface area contributed by atoms with Crippen molar-refractivity contribution in [2.45, 2.75) is 19.9 Å². The minimum Gasteiger partial charge on any atom is -0.454 e. The van der Waals surface area contributed by atoms with Crippen LogP contribution in [0.1, 0.15) is 18.1 Å². The van der Waals surface area contributed by atoms with E-state index in [0.29, 0.717) is 31.3 Å². The molecule has 2 aromatic carbocycles. The normalized spacial score (nSPS) is 13.0. The molecule has 138 valence electrons. The van der Waals surface area contributed by atoms with Crippen molar-refractivity contribution in [3.8, 4) is 11.5 Å². The van der Waals surface area contributed by atoms with Crippen molar-refractivity contribution in [3.05, 3.63) is 59.2 Å². The highest BCUT2D eigenvalue weighted by Crippen LogP contribution is 2.32. The van der Waals surface area contributed by atoms with Crippen LogP contribution in [0.25, 0.3) is 0 Å². The van der Waals surface area contributed by atoms with Crippen LogP contribution in [-0.2, 0) is 13.0 Å². The minimum atomic E-state index is -0.533. The third-order valence-electron chi connectivity index (χ3n) is 3.93. The van der Waals surface area contributed by atoms with E-state index < -0.39 is 11.6 Å². The Morgan fingerprint density at radius 3 is 2.62 bits per heavy atom. The van der Waals surface area contributed by atoms with Crippen molar-refractivity contribution < 1.29 is 18.3 Å². The minimum absolute atomic E-state index is 0.0756. The van der Waals surface area contributed by atoms with Crippen LogP contribution in [0.4, 0.5) is 8.78 Å². The summed E-state index contributed by atoms with van der Waals surface area (Å²) in [7, 11) is 0. The van der Waals surface area contributed by atoms with Crippen LogP contribution in [-0.4, -0.2) is 25.8 Å². The van der Waals surface area contributed by atoms with Crippen molar-refractivity contribution >= 4 is 5.96 Å². The maximum absolute atomic E-state index is 13.7. The second-order valence-corrected chi connectivity index (χ2v) is 5.76. The average molecular weight is 361 g/mol. The van der Waals surface area contributed by atoms with E-state index in [4.69, 9.17) is 9.47 Å². The van der Waals surface area contributed by atoms with Crippen molar-refractivity contribution in [3.63, 3.8) is 0 Å². The van der Waals surface area contributed by atoms with Gasteiger partial charge in [0.2, 0.25) is 6.79 Å². The molecule has 0 unspecified atom stereocenters. The van der Waals surface area contributed by atoms with Gasteiger partial charge < -0.3 is 20.1 Å². The average Bonchev–Trinajstić information content (AvgIpc) is 3.10. The van der Waals surface area contributed by atoms with E-state index >= 15 is 0 Å². The Bertz CT molecular complexity index is 776. The molecule has 5 nitrogen and oxygen atoms in total. The van der Waals surface area contributed by atoms with Crippen LogP contribution in [0, 0.1) is 11.6 Å². The molecule has 0 aliphatic carbocycles. The quantitative estimate of drug-likeness (QED) is 0.614. The summed E-state index contributed by atoms with van der Waals surface area (Å²) in [5.41, 5.74) is 1.05. The van der Waals surface area contributed by atoms with Crippen LogP contribution in [0.5, 0.6) is 11.5 Å². The Balaban J connectivity index is 1.59. The summed E-state index contributed by atoms with van der Waals surface area (Å²) in [5.74, 6) is 0.963. The van der Waals surface area contributed by atoms with Crippen LogP contribution in [0.3, 0.4) is 0 Å². The van der Waals surface area contributed by atoms with Crippen LogP contribution in [0.15, 0.2) is 41.4 Å². The van der Waals surface area contributed by atoms with E-state index in [-0.39, 0.29) is 18.8 Å². The Labute approximate surface area is 151 Å². The standard InChI is InChI=1S/C19H21F2N3O2/c1-2-22-19(23-9-8-14-15(20)4-3-5-16(14)21)24-11-13-6-7-17-18(10-13)26-12-25-17/h3-7,10H,2,8-9,11-12H2,1H3,(H2,22,23,24). The number of halogens is 2. The van der Waals surface area contributed by atoms with Crippen LogP contribution < -0.4 is 20.1 Å². The molecule has 0 atom stereocenters. The molecule has 2 N–H and O–H groups in total. The lowest BCUT2D eigenvalue weighted by Gasteiger charge is -2.12. The Morgan fingerprint density at radius 1 is 1.08 bits per heavy atom. The van der Waals surface area contributed by atoms with Crippen molar-refractivity contribution in [1.29, 1.82) is 0 Å². The molecular formula is C19H21F2N3O2. The van der Waals surface area contributed by atoms with Gasteiger partial charge in [-0.05, 0) is 43.2 Å². The van der Waals surface area contributed by atoms with E-state index in [1.807, 2.05) is 25.1 Å². The molecule has 0 spiro atoms. The summed E-state index contributed by atoms with van der Waals surface area (Å²) in [5, 5.41) is 6.21. The fraction of sp³-hybridized carbons (Fsp3) is 0.316. The molecule has 2 aromatic rings. The molecule has 26 heavy (non-hydrogen) atoms. The molecule has 1 aliphatic rings. The number of fused-ring (bicyclic) bond motifs is 1. The number of hydrogen-bond acceptors (Lipinski definition) is 3. The van der Waals surface area contributed by atoms with Gasteiger partial charge in [0.1, 0.15) is 11.6 Å². The largest absolute Gasteiger partial charge is 0.454 e. The fourth-order valence-corrected chi connectivity index (χ4v) is 2.63. The Morgan fingerprint density at radius 2 is 1.85 bits per heavy atom. The molecule has 3 rings (SSSR count). The summed E-state index contributed by atoms with van der Waals surface area (Å²) in [6.45, 7) is 3.68. The van der Waals surface area contributed by atoms with Gasteiger partial charge in [0.05, 0.1) is 6.54 Å². The van der Waals surface area contributed by atoms with Crippen molar-refractivity contribution in [2.24, 2.45) is 4.99 Å². The smallest absolute Gasteiger partial charge is 0.231 e. The molecule has 1 heterocycles. The van der Waals surface area contributed by atoms with Crippen LogP contribution >= 0.6 is 0 Å². The first-order chi connectivity index (χ1) is 12.7. The SMILES string of the molecule is CCNC(=NCc1ccc2c(c1)OCO2)NCCc1c(F)cccc1F. The van der Waals surface area contributed by atoms with Gasteiger partial charge in [0.25, 0.3) is 0 Å². The summed E-state index contributed by atoms with van der Waals surface area (Å²) in [6.07, 6.45) is 0.229. The third kappa shape index (κ3) is 4.41. The first-order valence-corrected chi connectivity index (χ1v) is 8.51. The second-order valence-electron chi connectivity index (χ2n) is 5.76. The molecule has 0 bridgehead atoms. The van der Waals surface area contributed by atoms with Gasteiger partial charge in [-0.3, -0.25) is 0 Å². The number of ether oxygens (including phenoxy) is 2. The summed E-state index contributed by atoms with van der Waals surface area (Å²) in [6, 6.07) is 9.56. The number of nitrogens with one attached hydrogen (secondary N) is 2. The molecule has 0 saturated carbocycles. The summed E-state index contributed by atoms with van der Waals surface area (Å²) >= 11 is 0. The number of rotatable bonds is 6. The highest BCUT2D eigenvalue weighted by Gasteiger charge is 2.13. The number of aliphatic imine (C=N–C) groups is 1. The zero-order valence-corrected chi connectivity index (χ0v) is 14.5. The van der Waals surface area contributed by atoms with Gasteiger partial charge in [-0.15, -0.1) is 0 Å². The monoisotopic (exact) mass is 361 g/mol. The lowest BCUT2D eigenvalue weighted by Crippen LogP contribution is -2.38. The predicted octanol–water partition coefficient (Wildman–Crippen LogP) is 2.99. The number of hydrogen-bond donors (Lipinski definition) is 2. The highest BCUT2D eigenvalue weighted by atomic mass is 19.1. The molecule has 7 heteroatoms. The number of nitrogens with zero attached hydrogens (tertiary/aromatic N) is 1. The Hall–Kier alpha value is -2.83. The molecule has 0 saturated heterocycles. The molecule has 0 fully saturated rings. The van der Waals surface area contributed by atoms with E-state index in [1.54, 1.807) is 0 Å². The lowest BCUT2D eigenvalue weighted by atomic mass is 10.1. The van der Waals surface area contributed by atoms with E-state index in [2.05, 4.69) is 15.6 Å². The Kier molecular flexibility index (Phi) is 5.88. The topological polar surface area (TPSA) is 54.9 Å². The van der Waals surface area contributed by atoms with E-state index in [0.717, 1.165) is 11.3 Å². The van der Waals surface area contributed by atoms with Gasteiger partial charge in [-0.25, -0.2) is 13.8 Å². The first kappa shape index (κ1) is 18.0. The maximum atomic E-state index is 13.7. The van der Waals surface area contributed by atoms with Crippen molar-refractivity contribution in [2.75, 3.05) is 19.9 Å². The molecular weight excluding hydrogens is 340 g/mol. The lowest BCUT2D eigenvalue weighted by molar-refractivity contribution is 0.174. The zero-order chi connectivity index (χ0) is 18.4. The second kappa shape index (κ2) is 8.51. The predicted molar refractivity (Wildman–Crippen MR) is 95.4 cm³/mol. The van der Waals surface area contributed by atoms with Gasteiger partial charge in [-0.1, -0.05) is 12.1 Å². The van der Waals surface area contributed by atoms with E-state index in [1.165, 1.54) is 18.2 Å².